The molecule has 0 aromatic heterocycles. The normalized spacial score (nSPS) is 22.2. The van der Waals surface area contributed by atoms with Crippen LogP contribution < -0.4 is 10.6 Å². The van der Waals surface area contributed by atoms with Gasteiger partial charge in [0.2, 0.25) is 0 Å². The van der Waals surface area contributed by atoms with E-state index in [4.69, 9.17) is 0 Å². The molecule has 0 unspecified atom stereocenters. The van der Waals surface area contributed by atoms with E-state index in [0.717, 1.165) is 32.7 Å². The summed E-state index contributed by atoms with van der Waals surface area (Å²) < 4.78 is 0. The summed E-state index contributed by atoms with van der Waals surface area (Å²) >= 11 is 0. The van der Waals surface area contributed by atoms with Crippen LogP contribution in [0.15, 0.2) is 4.99 Å². The van der Waals surface area contributed by atoms with Gasteiger partial charge in [0.15, 0.2) is 0 Å². The Bertz CT molecular complexity index is 80.3. The quantitative estimate of drug-likeness (QED) is 0.449. The van der Waals surface area contributed by atoms with Crippen LogP contribution in [0.2, 0.25) is 0 Å². The molecule has 1 rings (SSSR count). The number of rotatable bonds is 0. The standard InChI is InChI=1S/C6H13N3/c1-2-8-5-6-9-4-3-7-1/h1,8-9H,2-6H2. The third kappa shape index (κ3) is 3.21. The average molecular weight is 127 g/mol. The highest BCUT2D eigenvalue weighted by Crippen LogP contribution is 1.69. The molecule has 1 aliphatic rings. The molecule has 0 bridgehead atoms. The zero-order valence-electron chi connectivity index (χ0n) is 5.56. The van der Waals surface area contributed by atoms with Gasteiger partial charge in [-0.15, -0.1) is 0 Å². The molecular weight excluding hydrogens is 114 g/mol. The summed E-state index contributed by atoms with van der Waals surface area (Å²) in [5.41, 5.74) is 0. The first kappa shape index (κ1) is 6.71. The first-order chi connectivity index (χ1) is 4.50. The molecular formula is C6H13N3. The Morgan fingerprint density at radius 2 is 2.00 bits per heavy atom. The van der Waals surface area contributed by atoms with Crippen molar-refractivity contribution in [1.82, 2.24) is 10.6 Å². The molecule has 3 heteroatoms. The van der Waals surface area contributed by atoms with Crippen molar-refractivity contribution in [2.24, 2.45) is 4.99 Å². The molecule has 0 fully saturated rings. The summed E-state index contributed by atoms with van der Waals surface area (Å²) in [6, 6.07) is 0. The Morgan fingerprint density at radius 3 is 3.00 bits per heavy atom. The van der Waals surface area contributed by atoms with Gasteiger partial charge in [-0.1, -0.05) is 0 Å². The molecule has 0 aromatic rings. The molecule has 0 radical (unpaired) electrons. The lowest BCUT2D eigenvalue weighted by molar-refractivity contribution is 0.655. The van der Waals surface area contributed by atoms with Crippen molar-refractivity contribution >= 4 is 6.21 Å². The van der Waals surface area contributed by atoms with Gasteiger partial charge in [0.05, 0.1) is 6.54 Å². The summed E-state index contributed by atoms with van der Waals surface area (Å²) in [6.45, 7) is 4.96. The van der Waals surface area contributed by atoms with Crippen LogP contribution >= 0.6 is 0 Å². The molecule has 0 saturated heterocycles. The van der Waals surface area contributed by atoms with E-state index in [-0.39, 0.29) is 0 Å². The summed E-state index contributed by atoms with van der Waals surface area (Å²) in [5.74, 6) is 0. The van der Waals surface area contributed by atoms with Gasteiger partial charge >= 0.3 is 0 Å². The monoisotopic (exact) mass is 127 g/mol. The van der Waals surface area contributed by atoms with Gasteiger partial charge in [-0.2, -0.15) is 0 Å². The zero-order valence-corrected chi connectivity index (χ0v) is 5.56. The second-order valence-electron chi connectivity index (χ2n) is 2.04. The maximum atomic E-state index is 4.14. The van der Waals surface area contributed by atoms with Crippen LogP contribution in [-0.2, 0) is 0 Å². The van der Waals surface area contributed by atoms with Gasteiger partial charge in [-0.25, -0.2) is 0 Å². The van der Waals surface area contributed by atoms with Crippen molar-refractivity contribution in [3.05, 3.63) is 0 Å². The zero-order chi connectivity index (χ0) is 6.36. The van der Waals surface area contributed by atoms with Crippen molar-refractivity contribution < 1.29 is 0 Å². The fourth-order valence-electron chi connectivity index (χ4n) is 0.768. The van der Waals surface area contributed by atoms with E-state index < -0.39 is 0 Å². The molecule has 52 valence electrons. The fraction of sp³-hybridized carbons (Fsp3) is 0.833. The van der Waals surface area contributed by atoms with Crippen LogP contribution in [0, 0.1) is 0 Å². The molecule has 0 spiro atoms. The molecule has 9 heavy (non-hydrogen) atoms. The Balaban J connectivity index is 2.15. The smallest absolute Gasteiger partial charge is 0.0510 e. The second-order valence-corrected chi connectivity index (χ2v) is 2.04. The molecule has 0 atom stereocenters. The molecule has 2 N–H and O–H groups in total. The van der Waals surface area contributed by atoms with Crippen LogP contribution in [0.4, 0.5) is 0 Å². The molecule has 0 saturated carbocycles. The number of hydrogen-bond donors (Lipinski definition) is 2. The van der Waals surface area contributed by atoms with Crippen LogP contribution in [0.1, 0.15) is 0 Å². The minimum atomic E-state index is 0.918. The first-order valence-corrected chi connectivity index (χ1v) is 3.40. The van der Waals surface area contributed by atoms with E-state index >= 15 is 0 Å². The molecule has 0 aliphatic carbocycles. The predicted molar refractivity (Wildman–Crippen MR) is 39.1 cm³/mol. The van der Waals surface area contributed by atoms with Gasteiger partial charge in [0, 0.05) is 32.4 Å². The summed E-state index contributed by atoms with van der Waals surface area (Å²) in [7, 11) is 0. The average Bonchev–Trinajstić information content (AvgIpc) is 2.00. The highest BCUT2D eigenvalue weighted by atomic mass is 15.0. The van der Waals surface area contributed by atoms with Crippen molar-refractivity contribution in [2.45, 2.75) is 0 Å². The summed E-state index contributed by atoms with van der Waals surface area (Å²) in [4.78, 5) is 4.14. The Kier molecular flexibility index (Phi) is 3.33. The van der Waals surface area contributed by atoms with Crippen LogP contribution in [0.3, 0.4) is 0 Å². The number of aliphatic imine (C=N–C) groups is 1. The van der Waals surface area contributed by atoms with Gasteiger partial charge in [0.25, 0.3) is 0 Å². The maximum Gasteiger partial charge on any atom is 0.0510 e. The Hall–Kier alpha value is -0.410. The molecule has 1 aliphatic heterocycles. The predicted octanol–water partition coefficient (Wildman–Crippen LogP) is -0.750. The van der Waals surface area contributed by atoms with Gasteiger partial charge < -0.3 is 10.6 Å². The van der Waals surface area contributed by atoms with E-state index in [1.54, 1.807) is 0 Å². The minimum Gasteiger partial charge on any atom is -0.314 e. The lowest BCUT2D eigenvalue weighted by Gasteiger charge is -1.99. The fourth-order valence-corrected chi connectivity index (χ4v) is 0.768. The van der Waals surface area contributed by atoms with Crippen molar-refractivity contribution in [1.29, 1.82) is 0 Å². The maximum absolute atomic E-state index is 4.14. The first-order valence-electron chi connectivity index (χ1n) is 3.40. The number of hydrogen-bond acceptors (Lipinski definition) is 3. The van der Waals surface area contributed by atoms with Gasteiger partial charge in [-0.3, -0.25) is 4.99 Å². The van der Waals surface area contributed by atoms with Crippen molar-refractivity contribution in [3.63, 3.8) is 0 Å². The van der Waals surface area contributed by atoms with E-state index in [0.29, 0.717) is 0 Å². The SMILES string of the molecule is C1=NCCNCCNC1. The van der Waals surface area contributed by atoms with Crippen LogP contribution in [0.5, 0.6) is 0 Å². The third-order valence-corrected chi connectivity index (χ3v) is 1.26. The number of nitrogens with zero attached hydrogens (tertiary/aromatic N) is 1. The third-order valence-electron chi connectivity index (χ3n) is 1.26. The number of nitrogens with one attached hydrogen (secondary N) is 2. The molecule has 0 amide bonds. The lowest BCUT2D eigenvalue weighted by Crippen LogP contribution is -2.28. The van der Waals surface area contributed by atoms with Crippen molar-refractivity contribution in [3.8, 4) is 0 Å². The van der Waals surface area contributed by atoms with Crippen LogP contribution in [0.25, 0.3) is 0 Å². The van der Waals surface area contributed by atoms with E-state index in [1.165, 1.54) is 0 Å². The lowest BCUT2D eigenvalue weighted by atomic mass is 10.5. The van der Waals surface area contributed by atoms with E-state index in [1.807, 2.05) is 6.21 Å². The van der Waals surface area contributed by atoms with Crippen LogP contribution in [-0.4, -0.2) is 38.9 Å². The highest BCUT2D eigenvalue weighted by Gasteiger charge is 1.88. The molecule has 1 heterocycles. The Morgan fingerprint density at radius 1 is 1.11 bits per heavy atom. The van der Waals surface area contributed by atoms with E-state index in [9.17, 15) is 0 Å². The van der Waals surface area contributed by atoms with E-state index in [2.05, 4.69) is 15.6 Å². The highest BCUT2D eigenvalue weighted by molar-refractivity contribution is 5.59. The topological polar surface area (TPSA) is 36.4 Å². The summed E-state index contributed by atoms with van der Waals surface area (Å²) in [5, 5.41) is 6.47. The summed E-state index contributed by atoms with van der Waals surface area (Å²) in [6.07, 6.45) is 1.94. The second kappa shape index (κ2) is 4.47. The van der Waals surface area contributed by atoms with Gasteiger partial charge in [-0.05, 0) is 0 Å². The Labute approximate surface area is 55.6 Å². The minimum absolute atomic E-state index is 0.918. The molecule has 0 aromatic carbocycles. The largest absolute Gasteiger partial charge is 0.314 e. The van der Waals surface area contributed by atoms with Crippen molar-refractivity contribution in [2.75, 3.05) is 32.7 Å². The van der Waals surface area contributed by atoms with Gasteiger partial charge in [0.1, 0.15) is 0 Å². The molecule has 3 nitrogen and oxygen atoms in total.